The number of aliphatic hydroxyl groups is 6. The third kappa shape index (κ3) is 11.5. The first-order chi connectivity index (χ1) is 42.6. The third-order valence-electron chi connectivity index (χ3n) is 26.8. The van der Waals surface area contributed by atoms with Crippen LogP contribution in [0.3, 0.4) is 0 Å². The van der Waals surface area contributed by atoms with Gasteiger partial charge in [-0.15, -0.1) is 0 Å². The van der Waals surface area contributed by atoms with Gasteiger partial charge in [0.2, 0.25) is 0 Å². The summed E-state index contributed by atoms with van der Waals surface area (Å²) in [6, 6.07) is 0. The molecule has 0 aromatic rings. The number of hydrogen-bond donors (Lipinski definition) is 8. The number of halogens is 5. The molecule has 0 aliphatic heterocycles. The smallest absolute Gasteiger partial charge is 0.790 e. The number of rotatable bonds is 10. The molecule has 12 unspecified atom stereocenters. The van der Waals surface area contributed by atoms with E-state index in [4.69, 9.17) is 9.79 Å². The molecule has 0 aromatic heterocycles. The second kappa shape index (κ2) is 26.4. The molecule has 0 spiro atoms. The number of fused-ring (bicyclic) bond motifs is 15. The molecule has 12 aliphatic rings. The third-order valence-corrected chi connectivity index (χ3v) is 28.9. The SMILES string of the molecule is C[C@H]1CC2C3CCC4=CC(=O)C=CC4(C)[C@@]3(F)[C@@H](O)CC2(C)[C@@]1(O)C(=O)C(I)I.C[C@H]1CC2C3CCC4=CC(=O)C=CC4(C)[C@@]3(F)[C@@H](O)CC2(C)[C@@]1(O)C(=O)COP(=O)(O)O.C[C@H]1CC2C3CCC4=CC(=O)C=CC4(C)[C@@]3(F)[C@@H](O)CC2(C)[C@@]1(O)C(=O)COP(=O)([O-])[O-].[Na+].[Na+]. The summed E-state index contributed by atoms with van der Waals surface area (Å²) >= 11 is 4.03. The molecule has 29 heteroatoms. The molecule has 9 saturated carbocycles. The van der Waals surface area contributed by atoms with Crippen LogP contribution in [0.15, 0.2) is 71.4 Å². The molecule has 0 heterocycles. The van der Waals surface area contributed by atoms with Crippen molar-refractivity contribution in [3.63, 3.8) is 0 Å². The fraction of sp³-hybridized carbons (Fsp3) is 0.727. The number of ketones is 6. The van der Waals surface area contributed by atoms with Gasteiger partial charge in [0.1, 0.15) is 31.9 Å². The minimum Gasteiger partial charge on any atom is -0.790 e. The van der Waals surface area contributed by atoms with Crippen molar-refractivity contribution >= 4 is 95.5 Å². The van der Waals surface area contributed by atoms with E-state index in [0.29, 0.717) is 62.5 Å². The van der Waals surface area contributed by atoms with Crippen molar-refractivity contribution < 1.29 is 169 Å². The van der Waals surface area contributed by atoms with E-state index in [9.17, 15) is 78.3 Å². The van der Waals surface area contributed by atoms with E-state index in [2.05, 4.69) is 9.05 Å². The number of carbonyl (C=O) groups is 6. The van der Waals surface area contributed by atoms with Gasteiger partial charge < -0.3 is 59.3 Å². The molecule has 20 nitrogen and oxygen atoms in total. The molecule has 0 radical (unpaired) electrons. The molecule has 95 heavy (non-hydrogen) atoms. The van der Waals surface area contributed by atoms with Crippen LogP contribution >= 0.6 is 60.8 Å². The topological polar surface area (TPSA) is 363 Å². The number of allylic oxidation sites excluding steroid dienone is 12. The van der Waals surface area contributed by atoms with E-state index in [1.165, 1.54) is 48.6 Å². The second-order valence-corrected chi connectivity index (χ2v) is 37.8. The molecular weight excluding hydrogens is 1530 g/mol. The number of aliphatic hydroxyl groups excluding tert-OH is 3. The monoisotopic (exact) mass is 1620 g/mol. The van der Waals surface area contributed by atoms with Crippen LogP contribution < -0.4 is 68.9 Å². The fourth-order valence-electron chi connectivity index (χ4n) is 22.0. The van der Waals surface area contributed by atoms with Crippen molar-refractivity contribution in [1.29, 1.82) is 0 Å². The zero-order valence-electron chi connectivity index (χ0n) is 55.4. The second-order valence-electron chi connectivity index (χ2n) is 30.5. The van der Waals surface area contributed by atoms with Crippen molar-refractivity contribution in [3.05, 3.63) is 71.4 Å². The van der Waals surface area contributed by atoms with Gasteiger partial charge in [-0.2, -0.15) is 0 Å². The molecule has 8 N–H and O–H groups in total. The van der Waals surface area contributed by atoms with Gasteiger partial charge in [0.15, 0.2) is 51.7 Å². The first-order valence-corrected chi connectivity index (χ1v) is 37.4. The maximum Gasteiger partial charge on any atom is 1.00 e. The first kappa shape index (κ1) is 80.4. The van der Waals surface area contributed by atoms with Crippen LogP contribution in [0, 0.1) is 85.8 Å². The average molecular weight is 1620 g/mol. The van der Waals surface area contributed by atoms with Crippen LogP contribution in [0.2, 0.25) is 0 Å². The zero-order chi connectivity index (χ0) is 69.4. The zero-order valence-corrected chi connectivity index (χ0v) is 65.5. The van der Waals surface area contributed by atoms with E-state index in [1.807, 2.05) is 59.0 Å². The van der Waals surface area contributed by atoms with Gasteiger partial charge in [0.05, 0.1) is 26.1 Å². The minimum absolute atomic E-state index is 0. The van der Waals surface area contributed by atoms with Gasteiger partial charge in [-0.25, -0.2) is 17.7 Å². The summed E-state index contributed by atoms with van der Waals surface area (Å²) in [5, 5.41) is 68.5. The number of hydrogen-bond acceptors (Lipinski definition) is 18. The Hall–Kier alpha value is -0.310. The Morgan fingerprint density at radius 3 is 1.08 bits per heavy atom. The standard InChI is InChI=1S/C22H27FI2O4.2C22H30FO8P.2Na/c1-11-8-15-14-5-4-12-9-13(26)6-7-19(12,2)21(14,23)16(27)10-20(15,3)22(11,29)17(28)18(24)25;2*1-12-8-16-15-5-4-13-9-14(24)6-7-19(13,2)21(15,23)17(25)10-20(16,3)22(12,27)18(26)11-31-32(28,29)30;;/h6-7,9,11,14-16,18,27,29H,4-5,8,10H2,1-3H3;2*6-7,9,12,15-17,25,27H,4-5,8,10-11H2,1-3H3,(H2,28,29,30);;/q;;;2*+1/p-2/t11-,14?,15?,16-,19?,20?,21-,22-;2*12-,15?,16?,17-,19?,20?,21-,22-;;/m000../s1. The molecule has 12 rings (SSSR count). The number of phosphoric acid groups is 2. The normalized spacial score (nSPS) is 48.0. The average Bonchev–Trinajstić information content (AvgIpc) is 1.65. The van der Waals surface area contributed by atoms with Crippen LogP contribution in [-0.2, 0) is 46.9 Å². The Bertz CT molecular complexity index is 3350. The Morgan fingerprint density at radius 2 is 0.811 bits per heavy atom. The van der Waals surface area contributed by atoms with Gasteiger partial charge in [0.25, 0.3) is 0 Å². The molecule has 9 fully saturated rings. The van der Waals surface area contributed by atoms with Crippen LogP contribution in [0.1, 0.15) is 139 Å². The maximum atomic E-state index is 17.0. The van der Waals surface area contributed by atoms with Crippen molar-refractivity contribution in [2.75, 3.05) is 13.2 Å². The van der Waals surface area contributed by atoms with E-state index >= 15 is 13.2 Å². The Balaban J connectivity index is 0.000000181. The summed E-state index contributed by atoms with van der Waals surface area (Å²) in [4.78, 5) is 114. The number of Topliss-reactive ketones (excluding diaryl/α,β-unsaturated/α-hetero) is 3. The van der Waals surface area contributed by atoms with E-state index < -0.39 is 168 Å². The van der Waals surface area contributed by atoms with Gasteiger partial charge in [0, 0.05) is 50.2 Å². The Labute approximate surface area is 622 Å². The molecular formula is C66H85F3I2Na2O20P2. The maximum absolute atomic E-state index is 17.0. The van der Waals surface area contributed by atoms with Crippen LogP contribution in [0.5, 0.6) is 0 Å². The molecule has 0 bridgehead atoms. The number of alkyl halides is 5. The largest absolute Gasteiger partial charge is 1.00 e. The summed E-state index contributed by atoms with van der Waals surface area (Å²) < 4.78 is 81.0. The summed E-state index contributed by atoms with van der Waals surface area (Å²) in [5.41, 5.74) is -16.6. The van der Waals surface area contributed by atoms with Crippen molar-refractivity contribution in [3.8, 4) is 0 Å². The molecule has 0 amide bonds. The summed E-state index contributed by atoms with van der Waals surface area (Å²) in [6.45, 7) is 13.3. The van der Waals surface area contributed by atoms with Crippen molar-refractivity contribution in [2.24, 2.45) is 85.8 Å². The van der Waals surface area contributed by atoms with Crippen molar-refractivity contribution in [1.82, 2.24) is 0 Å². The summed E-state index contributed by atoms with van der Waals surface area (Å²) in [5.74, 6) is -7.30. The Kier molecular flexibility index (Phi) is 22.3. The fourth-order valence-corrected chi connectivity index (χ4v) is 23.5. The van der Waals surface area contributed by atoms with Gasteiger partial charge in [-0.1, -0.05) is 122 Å². The van der Waals surface area contributed by atoms with Gasteiger partial charge >= 0.3 is 66.9 Å². The van der Waals surface area contributed by atoms with Gasteiger partial charge in [-0.3, -0.25) is 33.3 Å². The number of phosphoric ester groups is 2. The molecule has 12 aliphatic carbocycles. The first-order valence-electron chi connectivity index (χ1n) is 31.9. The minimum atomic E-state index is -5.43. The molecule has 516 valence electrons. The molecule has 0 aromatic carbocycles. The number of carbonyl (C=O) groups excluding carboxylic acids is 6. The summed E-state index contributed by atoms with van der Waals surface area (Å²) in [6.07, 6.45) is 12.1. The quantitative estimate of drug-likeness (QED) is 0.0651. The predicted molar refractivity (Wildman–Crippen MR) is 342 cm³/mol. The summed E-state index contributed by atoms with van der Waals surface area (Å²) in [7, 11) is -10.4. The van der Waals surface area contributed by atoms with Crippen LogP contribution in [0.25, 0.3) is 0 Å². The van der Waals surface area contributed by atoms with Gasteiger partial charge in [-0.05, 0) is 170 Å². The Morgan fingerprint density at radius 1 is 0.537 bits per heavy atom. The molecule has 24 atom stereocenters. The molecule has 0 saturated heterocycles. The van der Waals surface area contributed by atoms with E-state index in [1.54, 1.807) is 54.5 Å². The van der Waals surface area contributed by atoms with Crippen molar-refractivity contribution in [2.45, 2.75) is 193 Å². The van der Waals surface area contributed by atoms with E-state index in [0.717, 1.165) is 5.57 Å². The van der Waals surface area contributed by atoms with Crippen LogP contribution in [0.4, 0.5) is 13.2 Å². The predicted octanol–water partition coefficient (Wildman–Crippen LogP) is 0.869. The van der Waals surface area contributed by atoms with Crippen LogP contribution in [-0.4, -0.2) is 142 Å². The van der Waals surface area contributed by atoms with E-state index in [-0.39, 0.29) is 120 Å².